The molecule has 1 amide bonds. The minimum atomic E-state index is -0.164. The van der Waals surface area contributed by atoms with Crippen molar-refractivity contribution in [3.63, 3.8) is 0 Å². The van der Waals surface area contributed by atoms with Crippen LogP contribution in [0.4, 0.5) is 5.82 Å². The van der Waals surface area contributed by atoms with Crippen molar-refractivity contribution in [2.75, 3.05) is 11.9 Å². The minimum absolute atomic E-state index is 0.115. The number of hydrogen-bond acceptors (Lipinski definition) is 4. The number of aromatic nitrogens is 2. The molecule has 0 radical (unpaired) electrons. The van der Waals surface area contributed by atoms with E-state index < -0.39 is 0 Å². The van der Waals surface area contributed by atoms with Crippen LogP contribution in [0.1, 0.15) is 50.5 Å². The van der Waals surface area contributed by atoms with E-state index >= 15 is 0 Å². The predicted octanol–water partition coefficient (Wildman–Crippen LogP) is 3.88. The van der Waals surface area contributed by atoms with E-state index in [2.05, 4.69) is 27.5 Å². The Bertz CT molecular complexity index is 658. The monoisotopic (exact) mass is 326 g/mol. The van der Waals surface area contributed by atoms with Gasteiger partial charge in [-0.15, -0.1) is 0 Å². The lowest BCUT2D eigenvalue weighted by Gasteiger charge is -2.13. The second kappa shape index (κ2) is 9.01. The third-order valence-electron chi connectivity index (χ3n) is 3.82. The van der Waals surface area contributed by atoms with Crippen LogP contribution in [0.2, 0.25) is 0 Å². The molecule has 2 aromatic rings. The van der Waals surface area contributed by atoms with Gasteiger partial charge in [0.1, 0.15) is 11.5 Å². The third-order valence-corrected chi connectivity index (χ3v) is 3.82. The summed E-state index contributed by atoms with van der Waals surface area (Å²) in [5.74, 6) is 1.08. The van der Waals surface area contributed by atoms with Crippen LogP contribution in [-0.4, -0.2) is 28.5 Å². The highest BCUT2D eigenvalue weighted by Crippen LogP contribution is 2.18. The maximum Gasteiger partial charge on any atom is 0.270 e. The first-order valence-corrected chi connectivity index (χ1v) is 8.63. The topological polar surface area (TPSA) is 66.9 Å². The summed E-state index contributed by atoms with van der Waals surface area (Å²) in [5.41, 5.74) is 1.29. The van der Waals surface area contributed by atoms with E-state index in [1.54, 1.807) is 6.07 Å². The molecule has 0 aliphatic heterocycles. The van der Waals surface area contributed by atoms with Crippen LogP contribution < -0.4 is 10.6 Å². The first-order valence-electron chi connectivity index (χ1n) is 8.63. The zero-order valence-electron chi connectivity index (χ0n) is 14.7. The molecule has 5 nitrogen and oxygen atoms in total. The first-order chi connectivity index (χ1) is 11.6. The molecule has 128 valence electrons. The molecule has 2 N–H and O–H groups in total. The van der Waals surface area contributed by atoms with Gasteiger partial charge in [0.25, 0.3) is 5.91 Å². The molecule has 1 aromatic carbocycles. The van der Waals surface area contributed by atoms with Crippen LogP contribution in [0.5, 0.6) is 0 Å². The van der Waals surface area contributed by atoms with E-state index in [9.17, 15) is 4.79 Å². The Morgan fingerprint density at radius 1 is 1.17 bits per heavy atom. The zero-order valence-corrected chi connectivity index (χ0v) is 14.7. The maximum absolute atomic E-state index is 12.5. The molecular weight excluding hydrogens is 300 g/mol. The van der Waals surface area contributed by atoms with Crippen LogP contribution >= 0.6 is 0 Å². The molecule has 0 aliphatic rings. The fourth-order valence-electron chi connectivity index (χ4n) is 2.16. The van der Waals surface area contributed by atoms with E-state index in [-0.39, 0.29) is 11.9 Å². The number of carbonyl (C=O) groups is 1. The minimum Gasteiger partial charge on any atom is -0.370 e. The van der Waals surface area contributed by atoms with E-state index in [1.807, 2.05) is 44.2 Å². The number of rotatable bonds is 8. The lowest BCUT2D eigenvalue weighted by molar-refractivity contribution is 0.0934. The molecule has 2 rings (SSSR count). The molecule has 1 aromatic heterocycles. The molecule has 0 bridgehead atoms. The van der Waals surface area contributed by atoms with Crippen molar-refractivity contribution in [2.24, 2.45) is 0 Å². The Morgan fingerprint density at radius 3 is 2.58 bits per heavy atom. The normalized spacial score (nSPS) is 11.8. The standard InChI is InChI=1S/C19H26N4O/c1-4-6-12-20-17-13-16(19(24)21-14(3)5-2)22-18(23-17)15-10-8-7-9-11-15/h7-11,13-14H,4-6,12H2,1-3H3,(H,21,24)(H,20,22,23). The fourth-order valence-corrected chi connectivity index (χ4v) is 2.16. The van der Waals surface area contributed by atoms with Crippen molar-refractivity contribution in [3.05, 3.63) is 42.1 Å². The number of nitrogens with one attached hydrogen (secondary N) is 2. The molecule has 24 heavy (non-hydrogen) atoms. The van der Waals surface area contributed by atoms with E-state index in [1.165, 1.54) is 0 Å². The molecule has 0 fully saturated rings. The first kappa shape index (κ1) is 17.9. The molecule has 1 unspecified atom stereocenters. The van der Waals surface area contributed by atoms with Gasteiger partial charge < -0.3 is 10.6 Å². The largest absolute Gasteiger partial charge is 0.370 e. The molecule has 0 spiro atoms. The highest BCUT2D eigenvalue weighted by Gasteiger charge is 2.14. The van der Waals surface area contributed by atoms with Crippen molar-refractivity contribution >= 4 is 11.7 Å². The summed E-state index contributed by atoms with van der Waals surface area (Å²) in [6.07, 6.45) is 3.04. The van der Waals surface area contributed by atoms with Crippen LogP contribution in [0.15, 0.2) is 36.4 Å². The molecule has 5 heteroatoms. The van der Waals surface area contributed by atoms with Crippen molar-refractivity contribution < 1.29 is 4.79 Å². The molecule has 0 aliphatic carbocycles. The van der Waals surface area contributed by atoms with Gasteiger partial charge in [0.05, 0.1) is 0 Å². The zero-order chi connectivity index (χ0) is 17.4. The maximum atomic E-state index is 12.5. The van der Waals surface area contributed by atoms with Gasteiger partial charge in [-0.05, 0) is 19.8 Å². The number of nitrogens with zero attached hydrogens (tertiary/aromatic N) is 2. The van der Waals surface area contributed by atoms with Gasteiger partial charge in [0.2, 0.25) is 0 Å². The SMILES string of the molecule is CCCCNc1cc(C(=O)NC(C)CC)nc(-c2ccccc2)n1. The van der Waals surface area contributed by atoms with Gasteiger partial charge in [0.15, 0.2) is 5.82 Å². The Balaban J connectivity index is 2.31. The van der Waals surface area contributed by atoms with Crippen LogP contribution in [0.25, 0.3) is 11.4 Å². The molecule has 1 heterocycles. The second-order valence-corrected chi connectivity index (χ2v) is 5.89. The second-order valence-electron chi connectivity index (χ2n) is 5.89. The summed E-state index contributed by atoms with van der Waals surface area (Å²) in [6.45, 7) is 6.99. The lowest BCUT2D eigenvalue weighted by Crippen LogP contribution is -2.32. The molecular formula is C19H26N4O. The molecule has 0 saturated carbocycles. The summed E-state index contributed by atoms with van der Waals surface area (Å²) in [4.78, 5) is 21.5. The third kappa shape index (κ3) is 5.05. The van der Waals surface area contributed by atoms with Crippen LogP contribution in [0, 0.1) is 0 Å². The summed E-state index contributed by atoms with van der Waals surface area (Å²) in [5, 5.41) is 6.25. The van der Waals surface area contributed by atoms with Gasteiger partial charge in [-0.3, -0.25) is 4.79 Å². The predicted molar refractivity (Wildman–Crippen MR) is 98.1 cm³/mol. The van der Waals surface area contributed by atoms with Crippen LogP contribution in [-0.2, 0) is 0 Å². The van der Waals surface area contributed by atoms with Crippen LogP contribution in [0.3, 0.4) is 0 Å². The highest BCUT2D eigenvalue weighted by molar-refractivity contribution is 5.93. The quantitative estimate of drug-likeness (QED) is 0.722. The fraction of sp³-hybridized carbons (Fsp3) is 0.421. The Labute approximate surface area is 143 Å². The number of benzene rings is 1. The number of hydrogen-bond donors (Lipinski definition) is 2. The molecule has 0 saturated heterocycles. The Kier molecular flexibility index (Phi) is 6.73. The number of anilines is 1. The number of carbonyl (C=O) groups excluding carboxylic acids is 1. The average Bonchev–Trinajstić information content (AvgIpc) is 2.62. The molecule has 1 atom stereocenters. The van der Waals surface area contributed by atoms with Crippen molar-refractivity contribution in [1.29, 1.82) is 0 Å². The smallest absolute Gasteiger partial charge is 0.270 e. The Hall–Kier alpha value is -2.43. The summed E-state index contributed by atoms with van der Waals surface area (Å²) in [7, 11) is 0. The van der Waals surface area contributed by atoms with Gasteiger partial charge >= 0.3 is 0 Å². The summed E-state index contributed by atoms with van der Waals surface area (Å²) < 4.78 is 0. The lowest BCUT2D eigenvalue weighted by atomic mass is 10.2. The summed E-state index contributed by atoms with van der Waals surface area (Å²) in [6, 6.07) is 11.6. The van der Waals surface area contributed by atoms with Crippen molar-refractivity contribution in [2.45, 2.75) is 46.1 Å². The average molecular weight is 326 g/mol. The van der Waals surface area contributed by atoms with E-state index in [0.717, 1.165) is 31.4 Å². The van der Waals surface area contributed by atoms with Gasteiger partial charge in [0, 0.05) is 24.2 Å². The number of amides is 1. The number of unbranched alkanes of at least 4 members (excludes halogenated alkanes) is 1. The summed E-state index contributed by atoms with van der Waals surface area (Å²) >= 11 is 0. The van der Waals surface area contributed by atoms with Crippen molar-refractivity contribution in [1.82, 2.24) is 15.3 Å². The Morgan fingerprint density at radius 2 is 1.92 bits per heavy atom. The van der Waals surface area contributed by atoms with E-state index in [0.29, 0.717) is 17.3 Å². The van der Waals surface area contributed by atoms with Gasteiger partial charge in [-0.2, -0.15) is 0 Å². The van der Waals surface area contributed by atoms with Gasteiger partial charge in [-0.1, -0.05) is 50.6 Å². The van der Waals surface area contributed by atoms with E-state index in [4.69, 9.17) is 0 Å². The van der Waals surface area contributed by atoms with Gasteiger partial charge in [-0.25, -0.2) is 9.97 Å². The van der Waals surface area contributed by atoms with Crippen molar-refractivity contribution in [3.8, 4) is 11.4 Å². The highest BCUT2D eigenvalue weighted by atomic mass is 16.1.